The summed E-state index contributed by atoms with van der Waals surface area (Å²) in [6.45, 7) is 3.78. The maximum atomic E-state index is 12.9. The first-order chi connectivity index (χ1) is 9.73. The van der Waals surface area contributed by atoms with Crippen LogP contribution in [0, 0.1) is 12.8 Å². The fourth-order valence-electron chi connectivity index (χ4n) is 2.62. The highest BCUT2D eigenvalue weighted by Crippen LogP contribution is 2.30. The van der Waals surface area contributed by atoms with Gasteiger partial charge in [0.2, 0.25) is 15.9 Å². The highest BCUT2D eigenvalue weighted by molar-refractivity contribution is 9.10. The van der Waals surface area contributed by atoms with Gasteiger partial charge in [0.15, 0.2) is 0 Å². The van der Waals surface area contributed by atoms with Gasteiger partial charge in [-0.2, -0.15) is 4.31 Å². The highest BCUT2D eigenvalue weighted by Gasteiger charge is 2.37. The van der Waals surface area contributed by atoms with E-state index in [4.69, 9.17) is 5.73 Å². The average molecular weight is 375 g/mol. The fourth-order valence-corrected chi connectivity index (χ4v) is 5.09. The third-order valence-corrected chi connectivity index (χ3v) is 6.58. The van der Waals surface area contributed by atoms with Crippen LogP contribution in [0.5, 0.6) is 0 Å². The van der Waals surface area contributed by atoms with Crippen molar-refractivity contribution in [3.63, 3.8) is 0 Å². The van der Waals surface area contributed by atoms with E-state index in [9.17, 15) is 13.2 Å². The molecule has 2 rings (SSSR count). The summed E-state index contributed by atoms with van der Waals surface area (Å²) in [6.07, 6.45) is 1.28. The van der Waals surface area contributed by atoms with Crippen molar-refractivity contribution in [2.45, 2.75) is 37.6 Å². The fraction of sp³-hybridized carbons (Fsp3) is 0.500. The van der Waals surface area contributed by atoms with E-state index >= 15 is 0 Å². The molecule has 0 saturated carbocycles. The Hall–Kier alpha value is -0.920. The quantitative estimate of drug-likeness (QED) is 0.878. The monoisotopic (exact) mass is 374 g/mol. The molecule has 1 aromatic rings. The number of hydrogen-bond donors (Lipinski definition) is 1. The number of rotatable bonds is 3. The number of nitrogens with zero attached hydrogens (tertiary/aromatic N) is 1. The van der Waals surface area contributed by atoms with Crippen LogP contribution < -0.4 is 5.73 Å². The molecule has 1 saturated heterocycles. The van der Waals surface area contributed by atoms with Crippen molar-refractivity contribution in [3.8, 4) is 0 Å². The lowest BCUT2D eigenvalue weighted by atomic mass is 9.95. The first-order valence-electron chi connectivity index (χ1n) is 6.81. The number of sulfonamides is 1. The molecule has 0 radical (unpaired) electrons. The predicted octanol–water partition coefficient (Wildman–Crippen LogP) is 2.03. The molecule has 0 bridgehead atoms. The molecule has 1 amide bonds. The second kappa shape index (κ2) is 6.06. The van der Waals surface area contributed by atoms with Crippen LogP contribution in [0.25, 0.3) is 0 Å². The van der Waals surface area contributed by atoms with E-state index in [0.717, 1.165) is 0 Å². The van der Waals surface area contributed by atoms with Crippen molar-refractivity contribution in [3.05, 3.63) is 28.2 Å². The van der Waals surface area contributed by atoms with Gasteiger partial charge in [-0.25, -0.2) is 8.42 Å². The molecule has 1 heterocycles. The van der Waals surface area contributed by atoms with Gasteiger partial charge >= 0.3 is 0 Å². The topological polar surface area (TPSA) is 80.5 Å². The van der Waals surface area contributed by atoms with Gasteiger partial charge in [-0.1, -0.05) is 22.0 Å². The van der Waals surface area contributed by atoms with E-state index in [0.29, 0.717) is 22.9 Å². The number of nitrogens with two attached hydrogens (primary N) is 1. The van der Waals surface area contributed by atoms with Gasteiger partial charge in [0, 0.05) is 17.1 Å². The zero-order valence-corrected chi connectivity index (χ0v) is 14.4. The molecule has 21 heavy (non-hydrogen) atoms. The summed E-state index contributed by atoms with van der Waals surface area (Å²) in [5, 5.41) is 0. The molecule has 1 aliphatic heterocycles. The molecule has 2 atom stereocenters. The van der Waals surface area contributed by atoms with E-state index in [1.165, 1.54) is 4.31 Å². The Bertz CT molecular complexity index is 660. The lowest BCUT2D eigenvalue weighted by Crippen LogP contribution is -2.48. The van der Waals surface area contributed by atoms with Crippen LogP contribution in [-0.4, -0.2) is 31.2 Å². The molecule has 0 aromatic heterocycles. The molecule has 5 nitrogen and oxygen atoms in total. The van der Waals surface area contributed by atoms with Crippen molar-refractivity contribution in [1.82, 2.24) is 4.31 Å². The van der Waals surface area contributed by atoms with Crippen molar-refractivity contribution in [1.29, 1.82) is 0 Å². The van der Waals surface area contributed by atoms with Crippen LogP contribution in [0.15, 0.2) is 27.6 Å². The number of carbonyl (C=O) groups is 1. The van der Waals surface area contributed by atoms with Gasteiger partial charge in [-0.15, -0.1) is 0 Å². The van der Waals surface area contributed by atoms with E-state index in [1.807, 2.05) is 6.92 Å². The predicted molar refractivity (Wildman–Crippen MR) is 84.2 cm³/mol. The number of carbonyl (C=O) groups excluding carboxylic acids is 1. The molecule has 1 aliphatic rings. The first kappa shape index (κ1) is 16.5. The molecule has 1 aromatic carbocycles. The Morgan fingerprint density at radius 2 is 2.05 bits per heavy atom. The largest absolute Gasteiger partial charge is 0.369 e. The molecule has 2 unspecified atom stereocenters. The molecule has 116 valence electrons. The number of piperidine rings is 1. The maximum absolute atomic E-state index is 12.9. The summed E-state index contributed by atoms with van der Waals surface area (Å²) >= 11 is 3.31. The summed E-state index contributed by atoms with van der Waals surface area (Å²) in [4.78, 5) is 11.7. The van der Waals surface area contributed by atoms with Crippen LogP contribution >= 0.6 is 15.9 Å². The van der Waals surface area contributed by atoms with Gasteiger partial charge in [0.1, 0.15) is 0 Å². The molecule has 1 fully saturated rings. The molecular weight excluding hydrogens is 356 g/mol. The number of halogens is 1. The van der Waals surface area contributed by atoms with Gasteiger partial charge in [0.25, 0.3) is 0 Å². The van der Waals surface area contributed by atoms with E-state index in [1.54, 1.807) is 25.1 Å². The minimum atomic E-state index is -3.64. The lowest BCUT2D eigenvalue weighted by Gasteiger charge is -2.36. The summed E-state index contributed by atoms with van der Waals surface area (Å²) in [5.74, 6) is -0.850. The molecule has 7 heteroatoms. The van der Waals surface area contributed by atoms with Crippen molar-refractivity contribution >= 4 is 31.9 Å². The zero-order valence-electron chi connectivity index (χ0n) is 12.0. The lowest BCUT2D eigenvalue weighted by molar-refractivity contribution is -0.123. The number of benzene rings is 1. The van der Waals surface area contributed by atoms with E-state index < -0.39 is 21.8 Å². The number of primary amides is 1. The second-order valence-electron chi connectivity index (χ2n) is 5.51. The van der Waals surface area contributed by atoms with Crippen molar-refractivity contribution < 1.29 is 13.2 Å². The summed E-state index contributed by atoms with van der Waals surface area (Å²) in [5.41, 5.74) is 6.03. The third-order valence-electron chi connectivity index (χ3n) is 3.96. The van der Waals surface area contributed by atoms with Crippen LogP contribution in [0.4, 0.5) is 0 Å². The number of amides is 1. The van der Waals surface area contributed by atoms with Crippen LogP contribution in [0.2, 0.25) is 0 Å². The van der Waals surface area contributed by atoms with Crippen LogP contribution in [0.1, 0.15) is 25.3 Å². The second-order valence-corrected chi connectivity index (χ2v) is 8.28. The Balaban J connectivity index is 2.42. The Morgan fingerprint density at radius 3 is 2.67 bits per heavy atom. The molecule has 2 N–H and O–H groups in total. The molecule has 0 spiro atoms. The Morgan fingerprint density at radius 1 is 1.38 bits per heavy atom. The van der Waals surface area contributed by atoms with Gasteiger partial charge < -0.3 is 5.73 Å². The van der Waals surface area contributed by atoms with Gasteiger partial charge in [0.05, 0.1) is 10.8 Å². The minimum Gasteiger partial charge on any atom is -0.369 e. The first-order valence-corrected chi connectivity index (χ1v) is 9.04. The Labute approximate surface area is 133 Å². The summed E-state index contributed by atoms with van der Waals surface area (Å²) in [6, 6.07) is 5.03. The van der Waals surface area contributed by atoms with Crippen molar-refractivity contribution in [2.75, 3.05) is 6.54 Å². The van der Waals surface area contributed by atoms with Crippen LogP contribution in [-0.2, 0) is 14.8 Å². The van der Waals surface area contributed by atoms with E-state index in [-0.39, 0.29) is 17.5 Å². The molecule has 0 aliphatic carbocycles. The maximum Gasteiger partial charge on any atom is 0.243 e. The zero-order chi connectivity index (χ0) is 15.8. The SMILES string of the molecule is Cc1ccc(Br)cc1S(=O)(=O)N1CC(C(N)=O)CCC1C. The highest BCUT2D eigenvalue weighted by atomic mass is 79.9. The minimum absolute atomic E-state index is 0.135. The third kappa shape index (κ3) is 3.30. The van der Waals surface area contributed by atoms with E-state index in [2.05, 4.69) is 15.9 Å². The summed E-state index contributed by atoms with van der Waals surface area (Å²) < 4.78 is 27.9. The van der Waals surface area contributed by atoms with Gasteiger partial charge in [-0.05, 0) is 44.4 Å². The van der Waals surface area contributed by atoms with Gasteiger partial charge in [-0.3, -0.25) is 4.79 Å². The average Bonchev–Trinajstić information content (AvgIpc) is 2.41. The Kier molecular flexibility index (Phi) is 4.75. The number of hydrogen-bond acceptors (Lipinski definition) is 3. The van der Waals surface area contributed by atoms with Crippen molar-refractivity contribution in [2.24, 2.45) is 11.7 Å². The molecular formula is C14H19BrN2O3S. The number of aryl methyl sites for hydroxylation is 1. The van der Waals surface area contributed by atoms with Crippen LogP contribution in [0.3, 0.4) is 0 Å². The normalized spacial score (nSPS) is 24.0. The summed E-state index contributed by atoms with van der Waals surface area (Å²) in [7, 11) is -3.64. The smallest absolute Gasteiger partial charge is 0.243 e. The standard InChI is InChI=1S/C14H19BrN2O3S/c1-9-3-6-12(15)7-13(9)21(19,20)17-8-11(14(16)18)5-4-10(17)2/h3,6-7,10-11H,4-5,8H2,1-2H3,(H2,16,18).